The van der Waals surface area contributed by atoms with E-state index >= 15 is 0 Å². The maximum absolute atomic E-state index is 13.8. The molecule has 38 heavy (non-hydrogen) atoms. The number of rotatable bonds is 11. The molecule has 1 aliphatic carbocycles. The number of halogens is 1. The number of nitrogens with zero attached hydrogens (tertiary/aromatic N) is 1. The van der Waals surface area contributed by atoms with Gasteiger partial charge in [0.25, 0.3) is 5.91 Å². The maximum atomic E-state index is 13.8. The minimum atomic E-state index is -0.716. The average molecular weight is 535 g/mol. The second-order valence-electron chi connectivity index (χ2n) is 9.64. The predicted octanol–water partition coefficient (Wildman–Crippen LogP) is 5.82. The number of amides is 2. The third-order valence-electron chi connectivity index (χ3n) is 6.88. The summed E-state index contributed by atoms with van der Waals surface area (Å²) in [4.78, 5) is 29.2. The van der Waals surface area contributed by atoms with Gasteiger partial charge in [-0.3, -0.25) is 9.59 Å². The third kappa shape index (κ3) is 7.75. The van der Waals surface area contributed by atoms with E-state index in [0.29, 0.717) is 22.9 Å². The molecule has 4 rings (SSSR count). The molecule has 6 nitrogen and oxygen atoms in total. The lowest BCUT2D eigenvalue weighted by atomic mass is 9.94. The molecule has 1 atom stereocenters. The zero-order chi connectivity index (χ0) is 26.7. The lowest BCUT2D eigenvalue weighted by molar-refractivity contribution is -0.143. The van der Waals surface area contributed by atoms with Crippen molar-refractivity contribution in [1.82, 2.24) is 10.2 Å². The zero-order valence-electron chi connectivity index (χ0n) is 21.8. The van der Waals surface area contributed by atoms with Crippen LogP contribution in [0, 0.1) is 0 Å². The highest BCUT2D eigenvalue weighted by atomic mass is 35.5. The van der Waals surface area contributed by atoms with E-state index in [4.69, 9.17) is 21.1 Å². The Bertz CT molecular complexity index is 1200. The van der Waals surface area contributed by atoms with Crippen molar-refractivity contribution in [1.29, 1.82) is 0 Å². The van der Waals surface area contributed by atoms with Gasteiger partial charge in [-0.15, -0.1) is 0 Å². The van der Waals surface area contributed by atoms with Crippen molar-refractivity contribution < 1.29 is 19.1 Å². The molecule has 1 fully saturated rings. The first-order valence-electron chi connectivity index (χ1n) is 13.2. The van der Waals surface area contributed by atoms with E-state index in [-0.39, 0.29) is 31.0 Å². The molecule has 1 N–H and O–H groups in total. The van der Waals surface area contributed by atoms with Crippen LogP contribution in [0.2, 0.25) is 5.02 Å². The summed E-state index contributed by atoms with van der Waals surface area (Å²) in [5, 5.41) is 3.82. The highest BCUT2D eigenvalue weighted by Crippen LogP contribution is 2.26. The number of carbonyl (C=O) groups excluding carboxylic acids is 2. The van der Waals surface area contributed by atoms with Gasteiger partial charge in [-0.1, -0.05) is 85.5 Å². The van der Waals surface area contributed by atoms with Gasteiger partial charge in [0.1, 0.15) is 6.04 Å². The summed E-state index contributed by atoms with van der Waals surface area (Å²) in [5.74, 6) is 0.568. The molecule has 0 heterocycles. The molecule has 2 amide bonds. The fourth-order valence-corrected chi connectivity index (χ4v) is 5.10. The van der Waals surface area contributed by atoms with Gasteiger partial charge in [-0.25, -0.2) is 0 Å². The SMILES string of the molecule is COc1ccccc1OCC(=O)N(Cc1cccc(Cl)c1)[C@H](Cc1ccccc1)C(=O)NC1CCCCC1. The zero-order valence-corrected chi connectivity index (χ0v) is 22.5. The van der Waals surface area contributed by atoms with Crippen molar-refractivity contribution in [3.05, 3.63) is 95.0 Å². The van der Waals surface area contributed by atoms with Crippen LogP contribution < -0.4 is 14.8 Å². The van der Waals surface area contributed by atoms with Crippen LogP contribution >= 0.6 is 11.6 Å². The van der Waals surface area contributed by atoms with E-state index in [1.807, 2.05) is 60.7 Å². The molecule has 3 aromatic carbocycles. The molecule has 0 unspecified atom stereocenters. The van der Waals surface area contributed by atoms with Gasteiger partial charge in [-0.2, -0.15) is 0 Å². The number of benzene rings is 3. The molecule has 0 radical (unpaired) electrons. The number of nitrogens with one attached hydrogen (secondary N) is 1. The van der Waals surface area contributed by atoms with Crippen molar-refractivity contribution in [2.75, 3.05) is 13.7 Å². The summed E-state index contributed by atoms with van der Waals surface area (Å²) in [6.07, 6.45) is 5.71. The van der Waals surface area contributed by atoms with Crippen LogP contribution in [0.5, 0.6) is 11.5 Å². The Balaban J connectivity index is 1.62. The molecule has 0 aliphatic heterocycles. The minimum absolute atomic E-state index is 0.127. The second-order valence-corrected chi connectivity index (χ2v) is 10.1. The van der Waals surface area contributed by atoms with Crippen LogP contribution in [0.25, 0.3) is 0 Å². The number of para-hydroxylation sites is 2. The molecule has 0 saturated heterocycles. The molecule has 3 aromatic rings. The van der Waals surface area contributed by atoms with Crippen molar-refractivity contribution in [3.8, 4) is 11.5 Å². The Kier molecular flexibility index (Phi) is 10.0. The fraction of sp³-hybridized carbons (Fsp3) is 0.355. The molecule has 200 valence electrons. The number of ether oxygens (including phenoxy) is 2. The van der Waals surface area contributed by atoms with Crippen LogP contribution in [-0.4, -0.2) is 42.5 Å². The number of hydrogen-bond donors (Lipinski definition) is 1. The normalized spacial score (nSPS) is 14.4. The highest BCUT2D eigenvalue weighted by Gasteiger charge is 2.32. The first-order chi connectivity index (χ1) is 18.5. The minimum Gasteiger partial charge on any atom is -0.493 e. The summed E-state index contributed by atoms with van der Waals surface area (Å²) in [7, 11) is 1.56. The molecule has 1 aliphatic rings. The molecule has 0 spiro atoms. The predicted molar refractivity (Wildman–Crippen MR) is 149 cm³/mol. The van der Waals surface area contributed by atoms with E-state index in [1.165, 1.54) is 6.42 Å². The van der Waals surface area contributed by atoms with Crippen LogP contribution in [0.15, 0.2) is 78.9 Å². The first-order valence-corrected chi connectivity index (χ1v) is 13.6. The van der Waals surface area contributed by atoms with Crippen molar-refractivity contribution in [3.63, 3.8) is 0 Å². The van der Waals surface area contributed by atoms with E-state index in [0.717, 1.165) is 36.8 Å². The van der Waals surface area contributed by atoms with Gasteiger partial charge in [-0.05, 0) is 48.2 Å². The summed E-state index contributed by atoms with van der Waals surface area (Å²) in [6, 6.07) is 23.8. The standard InChI is InChI=1S/C31H35ClN2O4/c1-37-28-17-8-9-18-29(28)38-22-30(35)34(21-24-13-10-14-25(32)19-24)27(20-23-11-4-2-5-12-23)31(36)33-26-15-6-3-7-16-26/h2,4-5,8-14,17-19,26-27H,3,6-7,15-16,20-22H2,1H3,(H,33,36)/t27-/m1/s1. The Morgan fingerprint density at radius 2 is 1.61 bits per heavy atom. The van der Waals surface area contributed by atoms with E-state index in [2.05, 4.69) is 5.32 Å². The molecule has 0 bridgehead atoms. The molecule has 7 heteroatoms. The van der Waals surface area contributed by atoms with Gasteiger partial charge < -0.3 is 19.7 Å². The Labute approximate surface area is 229 Å². The van der Waals surface area contributed by atoms with Crippen molar-refractivity contribution >= 4 is 23.4 Å². The number of methoxy groups -OCH3 is 1. The van der Waals surface area contributed by atoms with Crippen molar-refractivity contribution in [2.45, 2.75) is 57.2 Å². The van der Waals surface area contributed by atoms with Crippen LogP contribution in [0.1, 0.15) is 43.2 Å². The summed E-state index contributed by atoms with van der Waals surface area (Å²) in [6.45, 7) is -0.00674. The maximum Gasteiger partial charge on any atom is 0.261 e. The largest absolute Gasteiger partial charge is 0.493 e. The van der Waals surface area contributed by atoms with E-state index < -0.39 is 6.04 Å². The fourth-order valence-electron chi connectivity index (χ4n) is 4.89. The molecular weight excluding hydrogens is 500 g/mol. The quantitative estimate of drug-likeness (QED) is 0.337. The van der Waals surface area contributed by atoms with Crippen molar-refractivity contribution in [2.24, 2.45) is 0 Å². The smallest absolute Gasteiger partial charge is 0.261 e. The Morgan fingerprint density at radius 1 is 0.921 bits per heavy atom. The average Bonchev–Trinajstić information content (AvgIpc) is 2.95. The first kappa shape index (κ1) is 27.5. The topological polar surface area (TPSA) is 67.9 Å². The van der Waals surface area contributed by atoms with Crippen LogP contribution in [0.3, 0.4) is 0 Å². The lowest BCUT2D eigenvalue weighted by Gasteiger charge is -2.33. The summed E-state index contributed by atoms with van der Waals surface area (Å²) in [5.41, 5.74) is 1.82. The van der Waals surface area contributed by atoms with Gasteiger partial charge in [0, 0.05) is 24.0 Å². The van der Waals surface area contributed by atoms with Gasteiger partial charge >= 0.3 is 0 Å². The summed E-state index contributed by atoms with van der Waals surface area (Å²) >= 11 is 6.26. The monoisotopic (exact) mass is 534 g/mol. The van der Waals surface area contributed by atoms with Gasteiger partial charge in [0.2, 0.25) is 5.91 Å². The number of hydrogen-bond acceptors (Lipinski definition) is 4. The van der Waals surface area contributed by atoms with Gasteiger partial charge in [0.05, 0.1) is 7.11 Å². The van der Waals surface area contributed by atoms with E-state index in [1.54, 1.807) is 30.2 Å². The molecular formula is C31H35ClN2O4. The van der Waals surface area contributed by atoms with E-state index in [9.17, 15) is 9.59 Å². The number of carbonyl (C=O) groups is 2. The highest BCUT2D eigenvalue weighted by molar-refractivity contribution is 6.30. The molecule has 0 aromatic heterocycles. The van der Waals surface area contributed by atoms with Gasteiger partial charge in [0.15, 0.2) is 18.1 Å². The lowest BCUT2D eigenvalue weighted by Crippen LogP contribution is -2.53. The summed E-state index contributed by atoms with van der Waals surface area (Å²) < 4.78 is 11.3. The Morgan fingerprint density at radius 3 is 2.32 bits per heavy atom. The third-order valence-corrected chi connectivity index (χ3v) is 7.12. The second kappa shape index (κ2) is 13.9. The van der Waals surface area contributed by atoms with Crippen LogP contribution in [0.4, 0.5) is 0 Å². The Hall–Kier alpha value is -3.51. The van der Waals surface area contributed by atoms with Crippen LogP contribution in [-0.2, 0) is 22.6 Å². The molecule has 1 saturated carbocycles.